The molecule has 0 aliphatic rings. The minimum atomic E-state index is -5.73. The molecule has 0 aliphatic heterocycles. The number of rotatable bonds is 4. The number of sulfonamides is 2. The first-order valence-corrected chi connectivity index (χ1v) is 7.19. The molecule has 11 heteroatoms. The van der Waals surface area contributed by atoms with Gasteiger partial charge in [0.15, 0.2) is 0 Å². The van der Waals surface area contributed by atoms with Crippen molar-refractivity contribution < 1.29 is 30.0 Å². The summed E-state index contributed by atoms with van der Waals surface area (Å²) in [4.78, 5) is 0. The molecule has 0 atom stereocenters. The Balaban J connectivity index is 3.23. The number of primary sulfonamides is 1. The molecule has 1 aromatic rings. The van der Waals surface area contributed by atoms with Crippen molar-refractivity contribution in [3.05, 3.63) is 30.1 Å². The summed E-state index contributed by atoms with van der Waals surface area (Å²) >= 11 is 0. The fourth-order valence-corrected chi connectivity index (χ4v) is 2.82. The second kappa shape index (κ2) is 4.40. The number of nitrogens with two attached hydrogens (primary N) is 1. The van der Waals surface area contributed by atoms with Crippen molar-refractivity contribution in [3.63, 3.8) is 0 Å². The Bertz CT molecular complexity index is 657. The van der Waals surface area contributed by atoms with Gasteiger partial charge in [-0.2, -0.15) is 17.2 Å². The maximum absolute atomic E-state index is 13.1. The predicted molar refractivity (Wildman–Crippen MR) is 57.0 cm³/mol. The van der Waals surface area contributed by atoms with E-state index in [0.717, 1.165) is 22.9 Å². The van der Waals surface area contributed by atoms with Crippen molar-refractivity contribution in [1.29, 1.82) is 0 Å². The number of benzene rings is 1. The van der Waals surface area contributed by atoms with E-state index in [4.69, 9.17) is 0 Å². The summed E-state index contributed by atoms with van der Waals surface area (Å²) in [6, 6.07) is 3.99. The predicted octanol–water partition coefficient (Wildman–Crippen LogP) is 0.406. The molecule has 18 heavy (non-hydrogen) atoms. The number of halogens is 3. The van der Waals surface area contributed by atoms with Gasteiger partial charge in [0.25, 0.3) is 10.0 Å². The molecular weight excluding hydrogens is 297 g/mol. The van der Waals surface area contributed by atoms with Crippen LogP contribution >= 0.6 is 0 Å². The standard InChI is InChI=1S/C7H7F3N2O4S2/c8-5-3-1-2-4-6(5)12-18(15,16)7(9,10)17(11,13)14/h1-4,12H,(H2,11,13,14). The lowest BCUT2D eigenvalue weighted by Crippen LogP contribution is -2.45. The molecular formula is C7H7F3N2O4S2. The third-order valence-corrected chi connectivity index (χ3v) is 4.89. The molecule has 102 valence electrons. The van der Waals surface area contributed by atoms with Crippen molar-refractivity contribution in [1.82, 2.24) is 0 Å². The van der Waals surface area contributed by atoms with Gasteiger partial charge in [-0.05, 0) is 12.1 Å². The Morgan fingerprint density at radius 3 is 2.06 bits per heavy atom. The Hall–Kier alpha value is -1.33. The summed E-state index contributed by atoms with van der Waals surface area (Å²) in [6.45, 7) is 0. The van der Waals surface area contributed by atoms with E-state index in [1.807, 2.05) is 0 Å². The zero-order chi connectivity index (χ0) is 14.2. The van der Waals surface area contributed by atoms with Crippen molar-refractivity contribution in [2.45, 2.75) is 4.59 Å². The summed E-state index contributed by atoms with van der Waals surface area (Å²) in [7, 11) is -11.4. The van der Waals surface area contributed by atoms with Crippen LogP contribution in [0.2, 0.25) is 0 Å². The van der Waals surface area contributed by atoms with Gasteiger partial charge in [0, 0.05) is 0 Å². The van der Waals surface area contributed by atoms with Gasteiger partial charge in [0.05, 0.1) is 5.69 Å². The van der Waals surface area contributed by atoms with Gasteiger partial charge in [-0.1, -0.05) is 12.1 Å². The van der Waals surface area contributed by atoms with Crippen molar-refractivity contribution in [2.24, 2.45) is 5.14 Å². The second-order valence-corrected chi connectivity index (χ2v) is 6.68. The fraction of sp³-hybridized carbons (Fsp3) is 0.143. The van der Waals surface area contributed by atoms with Crippen LogP contribution < -0.4 is 9.86 Å². The highest BCUT2D eigenvalue weighted by atomic mass is 32.3. The molecule has 0 aromatic heterocycles. The minimum Gasteiger partial charge on any atom is -0.275 e. The fourth-order valence-electron chi connectivity index (χ4n) is 0.901. The van der Waals surface area contributed by atoms with Crippen LogP contribution in [0.5, 0.6) is 0 Å². The Morgan fingerprint density at radius 2 is 1.61 bits per heavy atom. The summed E-state index contributed by atoms with van der Waals surface area (Å²) in [6.07, 6.45) is 0. The van der Waals surface area contributed by atoms with E-state index in [2.05, 4.69) is 5.14 Å². The number of hydrogen-bond acceptors (Lipinski definition) is 4. The first-order valence-electron chi connectivity index (χ1n) is 4.16. The zero-order valence-electron chi connectivity index (χ0n) is 8.47. The van der Waals surface area contributed by atoms with E-state index >= 15 is 0 Å². The van der Waals surface area contributed by atoms with Gasteiger partial charge in [0.1, 0.15) is 5.82 Å². The highest BCUT2D eigenvalue weighted by Gasteiger charge is 2.56. The minimum absolute atomic E-state index is 0.799. The van der Waals surface area contributed by atoms with Crippen LogP contribution in [-0.2, 0) is 20.0 Å². The van der Waals surface area contributed by atoms with Crippen LogP contribution in [0.1, 0.15) is 0 Å². The summed E-state index contributed by atoms with van der Waals surface area (Å²) < 4.78 is 78.2. The lowest BCUT2D eigenvalue weighted by molar-refractivity contribution is 0.181. The largest absolute Gasteiger partial charge is 0.477 e. The SMILES string of the molecule is NS(=O)(=O)C(F)(F)S(=O)(=O)Nc1ccccc1F. The molecule has 0 bridgehead atoms. The molecule has 1 rings (SSSR count). The molecule has 0 heterocycles. The highest BCUT2D eigenvalue weighted by molar-refractivity contribution is 8.09. The molecule has 0 fully saturated rings. The number of nitrogens with one attached hydrogen (secondary N) is 1. The molecule has 1 aromatic carbocycles. The number of hydrogen-bond donors (Lipinski definition) is 2. The van der Waals surface area contributed by atoms with E-state index in [1.54, 1.807) is 0 Å². The van der Waals surface area contributed by atoms with Gasteiger partial charge in [-0.3, -0.25) is 4.72 Å². The maximum Gasteiger partial charge on any atom is 0.477 e. The van der Waals surface area contributed by atoms with Crippen molar-refractivity contribution in [3.8, 4) is 0 Å². The lowest BCUT2D eigenvalue weighted by atomic mass is 10.3. The zero-order valence-corrected chi connectivity index (χ0v) is 10.1. The molecule has 6 nitrogen and oxygen atoms in total. The number of anilines is 1. The average Bonchev–Trinajstić information content (AvgIpc) is 2.19. The average molecular weight is 304 g/mol. The third kappa shape index (κ3) is 2.57. The van der Waals surface area contributed by atoms with E-state index < -0.39 is 36.1 Å². The summed E-state index contributed by atoms with van der Waals surface area (Å²) in [5, 5.41) is 4.10. The van der Waals surface area contributed by atoms with Gasteiger partial charge in [-0.15, -0.1) is 0 Å². The Morgan fingerprint density at radius 1 is 1.11 bits per heavy atom. The molecule has 0 amide bonds. The smallest absolute Gasteiger partial charge is 0.275 e. The van der Waals surface area contributed by atoms with Crippen LogP contribution in [0, 0.1) is 5.82 Å². The highest BCUT2D eigenvalue weighted by Crippen LogP contribution is 2.28. The first kappa shape index (κ1) is 14.7. The van der Waals surface area contributed by atoms with Crippen LogP contribution in [0.25, 0.3) is 0 Å². The van der Waals surface area contributed by atoms with Gasteiger partial charge >= 0.3 is 14.6 Å². The Labute approximate surface area is 101 Å². The molecule has 0 radical (unpaired) electrons. The lowest BCUT2D eigenvalue weighted by Gasteiger charge is -2.15. The van der Waals surface area contributed by atoms with Gasteiger partial charge < -0.3 is 0 Å². The number of para-hydroxylation sites is 1. The van der Waals surface area contributed by atoms with Gasteiger partial charge in [0.2, 0.25) is 0 Å². The normalized spacial score (nSPS) is 13.3. The summed E-state index contributed by atoms with van der Waals surface area (Å²) in [5.41, 5.74) is -0.819. The summed E-state index contributed by atoms with van der Waals surface area (Å²) in [5.74, 6) is -1.15. The van der Waals surface area contributed by atoms with Crippen molar-refractivity contribution in [2.75, 3.05) is 4.72 Å². The molecule has 3 N–H and O–H groups in total. The number of alkyl halides is 2. The maximum atomic E-state index is 13.1. The monoisotopic (exact) mass is 304 g/mol. The first-order chi connectivity index (χ1) is 7.99. The molecule has 0 unspecified atom stereocenters. The van der Waals surface area contributed by atoms with E-state index in [1.165, 1.54) is 6.07 Å². The van der Waals surface area contributed by atoms with Gasteiger partial charge in [-0.25, -0.2) is 17.9 Å². The molecule has 0 spiro atoms. The van der Waals surface area contributed by atoms with E-state index in [9.17, 15) is 30.0 Å². The van der Waals surface area contributed by atoms with Crippen LogP contribution in [-0.4, -0.2) is 21.4 Å². The second-order valence-electron chi connectivity index (χ2n) is 3.09. The van der Waals surface area contributed by atoms with Crippen LogP contribution in [0.4, 0.5) is 18.9 Å². The molecule has 0 saturated carbocycles. The van der Waals surface area contributed by atoms with E-state index in [-0.39, 0.29) is 0 Å². The van der Waals surface area contributed by atoms with E-state index in [0.29, 0.717) is 0 Å². The van der Waals surface area contributed by atoms with Crippen LogP contribution in [0.3, 0.4) is 0 Å². The topological polar surface area (TPSA) is 106 Å². The molecule has 0 saturated heterocycles. The Kier molecular flexibility index (Phi) is 3.60. The van der Waals surface area contributed by atoms with Crippen LogP contribution in [0.15, 0.2) is 24.3 Å². The van der Waals surface area contributed by atoms with Crippen molar-refractivity contribution >= 4 is 25.7 Å². The quantitative estimate of drug-likeness (QED) is 0.840. The third-order valence-electron chi connectivity index (χ3n) is 1.76. The molecule has 0 aliphatic carbocycles.